The Morgan fingerprint density at radius 1 is 1.28 bits per heavy atom. The second-order valence-electron chi connectivity index (χ2n) is 4.59. The monoisotopic (exact) mass is 262 g/mol. The van der Waals surface area contributed by atoms with E-state index in [0.717, 1.165) is 0 Å². The first-order chi connectivity index (χ1) is 8.13. The van der Waals surface area contributed by atoms with Gasteiger partial charge >= 0.3 is 0 Å². The molecular weight excluding hydrogens is 249 g/mol. The summed E-state index contributed by atoms with van der Waals surface area (Å²) in [5.41, 5.74) is 5.17. The summed E-state index contributed by atoms with van der Waals surface area (Å²) in [6, 6.07) is 0.509. The van der Waals surface area contributed by atoms with Crippen LogP contribution in [0.4, 0.5) is 18.9 Å². The van der Waals surface area contributed by atoms with Crippen molar-refractivity contribution >= 4 is 11.6 Å². The second-order valence-corrected chi connectivity index (χ2v) is 4.59. The van der Waals surface area contributed by atoms with Crippen molar-refractivity contribution in [2.75, 3.05) is 5.73 Å². The number of halogens is 3. The van der Waals surface area contributed by atoms with Crippen LogP contribution in [0, 0.1) is 17.5 Å². The zero-order valence-electron chi connectivity index (χ0n) is 10.1. The largest absolute Gasteiger partial charge is 0.396 e. The molecule has 0 heterocycles. The number of nitrogen functional groups attached to an aromatic ring is 1. The third kappa shape index (κ3) is 3.13. The number of nitrogens with one attached hydrogen (secondary N) is 1. The van der Waals surface area contributed by atoms with Gasteiger partial charge < -0.3 is 5.73 Å². The van der Waals surface area contributed by atoms with Crippen LogP contribution in [-0.4, -0.2) is 11.5 Å². The number of hydrogen-bond donors (Lipinski definition) is 2. The number of hydrogen-bond acceptors (Lipinski definition) is 3. The molecule has 1 rings (SSSR count). The number of carbonyl (C=O) groups is 1. The van der Waals surface area contributed by atoms with Crippen molar-refractivity contribution < 1.29 is 22.8 Å². The van der Waals surface area contributed by atoms with Crippen LogP contribution in [-0.2, 0) is 4.84 Å². The van der Waals surface area contributed by atoms with Crippen LogP contribution in [0.2, 0.25) is 0 Å². The molecule has 1 aromatic rings. The first-order valence-electron chi connectivity index (χ1n) is 5.05. The predicted octanol–water partition coefficient (Wildman–Crippen LogP) is 2.15. The van der Waals surface area contributed by atoms with Crippen LogP contribution in [0.5, 0.6) is 0 Å². The standard InChI is InChI=1S/C11H13F3N2O2/c1-11(2,3)18-16-10(17)5-4-6(12)7(13)8(14)9(5)15/h4H,15H2,1-3H3,(H,16,17). The molecule has 0 spiro atoms. The number of benzene rings is 1. The summed E-state index contributed by atoms with van der Waals surface area (Å²) < 4.78 is 38.9. The normalized spacial score (nSPS) is 11.4. The van der Waals surface area contributed by atoms with Gasteiger partial charge in [0, 0.05) is 0 Å². The fourth-order valence-corrected chi connectivity index (χ4v) is 1.05. The van der Waals surface area contributed by atoms with Gasteiger partial charge in [0.15, 0.2) is 17.5 Å². The molecule has 0 unspecified atom stereocenters. The minimum atomic E-state index is -1.72. The van der Waals surface area contributed by atoms with Gasteiger partial charge in [0.05, 0.1) is 16.9 Å². The molecule has 3 N–H and O–H groups in total. The maximum Gasteiger partial charge on any atom is 0.277 e. The van der Waals surface area contributed by atoms with E-state index in [1.54, 1.807) is 20.8 Å². The lowest BCUT2D eigenvalue weighted by Crippen LogP contribution is -2.34. The number of rotatable bonds is 2. The Morgan fingerprint density at radius 3 is 2.33 bits per heavy atom. The zero-order chi connectivity index (χ0) is 14.1. The molecule has 0 radical (unpaired) electrons. The van der Waals surface area contributed by atoms with Gasteiger partial charge in [0.25, 0.3) is 5.91 Å². The topological polar surface area (TPSA) is 64.3 Å². The van der Waals surface area contributed by atoms with Gasteiger partial charge in [-0.15, -0.1) is 0 Å². The molecule has 4 nitrogen and oxygen atoms in total. The summed E-state index contributed by atoms with van der Waals surface area (Å²) in [6.07, 6.45) is 0. The van der Waals surface area contributed by atoms with Gasteiger partial charge in [-0.05, 0) is 26.8 Å². The molecular formula is C11H13F3N2O2. The third-order valence-corrected chi connectivity index (χ3v) is 1.89. The van der Waals surface area contributed by atoms with Crippen molar-refractivity contribution in [3.63, 3.8) is 0 Å². The van der Waals surface area contributed by atoms with Crippen LogP contribution in [0.3, 0.4) is 0 Å². The molecule has 1 amide bonds. The van der Waals surface area contributed by atoms with Gasteiger partial charge in [-0.1, -0.05) is 0 Å². The van der Waals surface area contributed by atoms with Crippen molar-refractivity contribution in [2.45, 2.75) is 26.4 Å². The Labute approximate surface area is 102 Å². The van der Waals surface area contributed by atoms with E-state index in [-0.39, 0.29) is 0 Å². The molecule has 100 valence electrons. The average molecular weight is 262 g/mol. The molecule has 0 bridgehead atoms. The van der Waals surface area contributed by atoms with Crippen LogP contribution in [0.15, 0.2) is 6.07 Å². The predicted molar refractivity (Wildman–Crippen MR) is 59.0 cm³/mol. The molecule has 7 heteroatoms. The zero-order valence-corrected chi connectivity index (χ0v) is 10.1. The maximum atomic E-state index is 13.1. The molecule has 18 heavy (non-hydrogen) atoms. The first-order valence-corrected chi connectivity index (χ1v) is 5.05. The molecule has 0 aliphatic heterocycles. The van der Waals surface area contributed by atoms with Gasteiger partial charge in [0.2, 0.25) is 0 Å². The summed E-state index contributed by atoms with van der Waals surface area (Å²) in [5, 5.41) is 0. The number of carbonyl (C=O) groups excluding carboxylic acids is 1. The Kier molecular flexibility index (Phi) is 3.85. The minimum Gasteiger partial charge on any atom is -0.396 e. The van der Waals surface area contributed by atoms with Gasteiger partial charge in [-0.2, -0.15) is 0 Å². The van der Waals surface area contributed by atoms with E-state index >= 15 is 0 Å². The summed E-state index contributed by atoms with van der Waals surface area (Å²) in [5.74, 6) is -5.78. The molecule has 0 aliphatic carbocycles. The van der Waals surface area contributed by atoms with Crippen LogP contribution in [0.25, 0.3) is 0 Å². The summed E-state index contributed by atoms with van der Waals surface area (Å²) in [4.78, 5) is 16.5. The molecule has 0 aromatic heterocycles. The van der Waals surface area contributed by atoms with E-state index in [2.05, 4.69) is 0 Å². The highest BCUT2D eigenvalue weighted by Crippen LogP contribution is 2.22. The molecule has 0 aliphatic rings. The van der Waals surface area contributed by atoms with Crippen molar-refractivity contribution in [1.29, 1.82) is 0 Å². The first kappa shape index (κ1) is 14.3. The Morgan fingerprint density at radius 2 is 1.83 bits per heavy atom. The minimum absolute atomic E-state index is 0.509. The van der Waals surface area contributed by atoms with E-state index in [0.29, 0.717) is 6.07 Å². The highest BCUT2D eigenvalue weighted by atomic mass is 19.2. The van der Waals surface area contributed by atoms with Gasteiger partial charge in [-0.25, -0.2) is 18.7 Å². The Balaban J connectivity index is 3.01. The Hall–Kier alpha value is -1.76. The van der Waals surface area contributed by atoms with E-state index < -0.39 is 40.2 Å². The van der Waals surface area contributed by atoms with Crippen LogP contribution >= 0.6 is 0 Å². The molecule has 0 saturated heterocycles. The lowest BCUT2D eigenvalue weighted by Gasteiger charge is -2.19. The second kappa shape index (κ2) is 4.85. The van der Waals surface area contributed by atoms with Crippen LogP contribution in [0.1, 0.15) is 31.1 Å². The van der Waals surface area contributed by atoms with E-state index in [9.17, 15) is 18.0 Å². The van der Waals surface area contributed by atoms with E-state index in [4.69, 9.17) is 10.6 Å². The van der Waals surface area contributed by atoms with Crippen molar-refractivity contribution in [1.82, 2.24) is 5.48 Å². The molecule has 0 saturated carbocycles. The fraction of sp³-hybridized carbons (Fsp3) is 0.364. The van der Waals surface area contributed by atoms with Crippen molar-refractivity contribution in [2.24, 2.45) is 0 Å². The summed E-state index contributed by atoms with van der Waals surface area (Å²) in [6.45, 7) is 4.97. The number of amides is 1. The SMILES string of the molecule is CC(C)(C)ONC(=O)c1cc(F)c(F)c(F)c1N. The van der Waals surface area contributed by atoms with Gasteiger partial charge in [0.1, 0.15) is 0 Å². The Bertz CT molecular complexity index is 484. The third-order valence-electron chi connectivity index (χ3n) is 1.89. The number of anilines is 1. The molecule has 1 aromatic carbocycles. The highest BCUT2D eigenvalue weighted by Gasteiger charge is 2.22. The number of hydroxylamine groups is 1. The van der Waals surface area contributed by atoms with Crippen molar-refractivity contribution in [3.05, 3.63) is 29.1 Å². The average Bonchev–Trinajstić information content (AvgIpc) is 2.27. The number of nitrogens with two attached hydrogens (primary N) is 1. The lowest BCUT2D eigenvalue weighted by atomic mass is 10.1. The highest BCUT2D eigenvalue weighted by molar-refractivity contribution is 5.98. The smallest absolute Gasteiger partial charge is 0.277 e. The maximum absolute atomic E-state index is 13.1. The molecule has 0 atom stereocenters. The van der Waals surface area contributed by atoms with Gasteiger partial charge in [-0.3, -0.25) is 9.63 Å². The van der Waals surface area contributed by atoms with Crippen molar-refractivity contribution in [3.8, 4) is 0 Å². The quantitative estimate of drug-likeness (QED) is 0.487. The molecule has 0 fully saturated rings. The summed E-state index contributed by atoms with van der Waals surface area (Å²) in [7, 11) is 0. The fourth-order valence-electron chi connectivity index (χ4n) is 1.05. The van der Waals surface area contributed by atoms with E-state index in [1.165, 1.54) is 0 Å². The lowest BCUT2D eigenvalue weighted by molar-refractivity contribution is -0.0589. The van der Waals surface area contributed by atoms with Crippen LogP contribution < -0.4 is 11.2 Å². The van der Waals surface area contributed by atoms with E-state index in [1.807, 2.05) is 5.48 Å². The summed E-state index contributed by atoms with van der Waals surface area (Å²) >= 11 is 0.